The summed E-state index contributed by atoms with van der Waals surface area (Å²) < 4.78 is 5.36. The number of anilines is 1. The number of nitrogens with zero attached hydrogens (tertiary/aromatic N) is 5. The van der Waals surface area contributed by atoms with Crippen LogP contribution in [-0.2, 0) is 0 Å². The Labute approximate surface area is 188 Å². The van der Waals surface area contributed by atoms with Crippen molar-refractivity contribution in [1.82, 2.24) is 25.1 Å². The first-order valence-electron chi connectivity index (χ1n) is 9.91. The summed E-state index contributed by atoms with van der Waals surface area (Å²) in [6.07, 6.45) is 4.52. The van der Waals surface area contributed by atoms with E-state index >= 15 is 0 Å². The van der Waals surface area contributed by atoms with Crippen LogP contribution in [0.4, 0.5) is 10.6 Å². The normalized spacial score (nSPS) is 14.8. The number of aliphatic hydroxyl groups is 2. The van der Waals surface area contributed by atoms with Crippen molar-refractivity contribution in [3.63, 3.8) is 0 Å². The lowest BCUT2D eigenvalue weighted by Gasteiger charge is -2.26. The van der Waals surface area contributed by atoms with Gasteiger partial charge in [0.05, 0.1) is 22.9 Å². The molecule has 0 aromatic carbocycles. The number of aromatic nitrogens is 4. The molecule has 0 fully saturated rings. The molecule has 166 valence electrons. The lowest BCUT2D eigenvalue weighted by Crippen LogP contribution is -2.38. The van der Waals surface area contributed by atoms with Crippen LogP contribution in [0.2, 0.25) is 5.02 Å². The fraction of sp³-hybridized carbons (Fsp3) is 0.286. The van der Waals surface area contributed by atoms with Gasteiger partial charge in [0, 0.05) is 25.5 Å². The van der Waals surface area contributed by atoms with Crippen molar-refractivity contribution in [3.8, 4) is 11.5 Å². The summed E-state index contributed by atoms with van der Waals surface area (Å²) in [5.74, 6) is 0.557. The van der Waals surface area contributed by atoms with Crippen LogP contribution in [0.25, 0.3) is 17.0 Å². The van der Waals surface area contributed by atoms with Gasteiger partial charge in [-0.3, -0.25) is 10.3 Å². The molecule has 0 aliphatic carbocycles. The minimum atomic E-state index is -1.24. The summed E-state index contributed by atoms with van der Waals surface area (Å²) in [5, 5.41) is 29.3. The lowest BCUT2D eigenvalue weighted by molar-refractivity contribution is 0.0736. The molecule has 10 nitrogen and oxygen atoms in total. The highest BCUT2D eigenvalue weighted by atomic mass is 35.5. The van der Waals surface area contributed by atoms with E-state index in [1.807, 2.05) is 19.1 Å². The fourth-order valence-corrected chi connectivity index (χ4v) is 3.44. The van der Waals surface area contributed by atoms with Gasteiger partial charge in [-0.1, -0.05) is 23.7 Å². The van der Waals surface area contributed by atoms with Gasteiger partial charge < -0.3 is 19.5 Å². The molecule has 2 amide bonds. The van der Waals surface area contributed by atoms with Crippen molar-refractivity contribution in [2.75, 3.05) is 25.0 Å². The molecule has 0 spiro atoms. The maximum Gasteiger partial charge on any atom is 0.323 e. The third kappa shape index (κ3) is 4.77. The Hall–Kier alpha value is -3.34. The monoisotopic (exact) mass is 456 g/mol. The summed E-state index contributed by atoms with van der Waals surface area (Å²) >= 11 is 6.44. The molecule has 3 aromatic rings. The third-order valence-electron chi connectivity index (χ3n) is 4.93. The van der Waals surface area contributed by atoms with Gasteiger partial charge in [0.15, 0.2) is 6.10 Å². The Kier molecular flexibility index (Phi) is 6.45. The van der Waals surface area contributed by atoms with E-state index in [0.717, 1.165) is 11.1 Å². The van der Waals surface area contributed by atoms with Gasteiger partial charge in [-0.15, -0.1) is 10.2 Å². The minimum Gasteiger partial charge on any atom is -0.418 e. The molecule has 1 aliphatic rings. The molecule has 1 aliphatic heterocycles. The van der Waals surface area contributed by atoms with Crippen molar-refractivity contribution >= 4 is 29.0 Å². The van der Waals surface area contributed by atoms with Crippen LogP contribution in [0.15, 0.2) is 41.1 Å². The smallest absolute Gasteiger partial charge is 0.323 e. The van der Waals surface area contributed by atoms with E-state index < -0.39 is 12.7 Å². The van der Waals surface area contributed by atoms with Crippen LogP contribution in [0.5, 0.6) is 0 Å². The number of nitrogens with one attached hydrogen (secondary N) is 1. The van der Waals surface area contributed by atoms with Gasteiger partial charge >= 0.3 is 6.03 Å². The van der Waals surface area contributed by atoms with Gasteiger partial charge in [0.2, 0.25) is 11.8 Å². The Morgan fingerprint density at radius 1 is 1.31 bits per heavy atom. The van der Waals surface area contributed by atoms with Crippen LogP contribution in [0, 0.1) is 6.92 Å². The SMILES string of the molecule is Cc1ccc(NC(=O)N2CC=C(c3ncc(-c4nnc([C@H](O)CO)o4)cc3Cl)CC2)nc1. The summed E-state index contributed by atoms with van der Waals surface area (Å²) in [4.78, 5) is 22.8. The average molecular weight is 457 g/mol. The molecular weight excluding hydrogens is 436 g/mol. The predicted octanol–water partition coefficient (Wildman–Crippen LogP) is 2.84. The quantitative estimate of drug-likeness (QED) is 0.532. The van der Waals surface area contributed by atoms with E-state index in [-0.39, 0.29) is 17.8 Å². The van der Waals surface area contributed by atoms with Gasteiger partial charge in [0.1, 0.15) is 5.82 Å². The van der Waals surface area contributed by atoms with Gasteiger partial charge in [-0.25, -0.2) is 9.78 Å². The number of rotatable bonds is 5. The number of amides is 2. The molecule has 11 heteroatoms. The van der Waals surface area contributed by atoms with E-state index in [2.05, 4.69) is 25.5 Å². The van der Waals surface area contributed by atoms with Crippen LogP contribution in [-0.4, -0.2) is 61.0 Å². The Morgan fingerprint density at radius 3 is 2.81 bits per heavy atom. The molecular formula is C21H21ClN6O4. The first kappa shape index (κ1) is 21.9. The second kappa shape index (κ2) is 9.43. The second-order valence-corrected chi connectivity index (χ2v) is 7.68. The second-order valence-electron chi connectivity index (χ2n) is 7.27. The maximum absolute atomic E-state index is 12.5. The van der Waals surface area contributed by atoms with E-state index in [0.29, 0.717) is 41.6 Å². The molecule has 0 radical (unpaired) electrons. The lowest BCUT2D eigenvalue weighted by atomic mass is 10.0. The fourth-order valence-electron chi connectivity index (χ4n) is 3.15. The first-order chi connectivity index (χ1) is 15.4. The number of halogens is 1. The molecule has 4 rings (SSSR count). The molecule has 0 saturated carbocycles. The number of hydrogen-bond donors (Lipinski definition) is 3. The standard InChI is InChI=1S/C21H21ClN6O4/c1-12-2-3-17(23-9-12)25-21(31)28-6-4-13(5-7-28)18-15(22)8-14(10-24-18)19-26-27-20(32-19)16(30)11-29/h2-4,8-10,16,29-30H,5-7,11H2,1H3,(H,23,25,31)/t16-/m1/s1. The van der Waals surface area contributed by atoms with Crippen molar-refractivity contribution < 1.29 is 19.4 Å². The van der Waals surface area contributed by atoms with Crippen molar-refractivity contribution in [2.45, 2.75) is 19.4 Å². The van der Waals surface area contributed by atoms with E-state index in [9.17, 15) is 9.90 Å². The zero-order valence-corrected chi connectivity index (χ0v) is 18.0. The van der Waals surface area contributed by atoms with Crippen molar-refractivity contribution in [1.29, 1.82) is 0 Å². The van der Waals surface area contributed by atoms with Crippen LogP contribution in [0.3, 0.4) is 0 Å². The number of aryl methyl sites for hydroxylation is 1. The number of pyridine rings is 2. The summed E-state index contributed by atoms with van der Waals surface area (Å²) in [6, 6.07) is 5.08. The Balaban J connectivity index is 1.43. The van der Waals surface area contributed by atoms with Gasteiger partial charge in [0.25, 0.3) is 0 Å². The Bertz CT molecular complexity index is 1150. The number of hydrogen-bond acceptors (Lipinski definition) is 8. The number of urea groups is 1. The van der Waals surface area contributed by atoms with Crippen molar-refractivity contribution in [2.24, 2.45) is 0 Å². The Morgan fingerprint density at radius 2 is 2.16 bits per heavy atom. The van der Waals surface area contributed by atoms with Crippen LogP contribution >= 0.6 is 11.6 Å². The molecule has 1 atom stereocenters. The highest BCUT2D eigenvalue weighted by Crippen LogP contribution is 2.30. The maximum atomic E-state index is 12.5. The summed E-state index contributed by atoms with van der Waals surface area (Å²) in [5.41, 5.74) is 3.06. The van der Waals surface area contributed by atoms with Gasteiger partial charge in [-0.2, -0.15) is 0 Å². The van der Waals surface area contributed by atoms with Crippen molar-refractivity contribution in [3.05, 3.63) is 58.8 Å². The van der Waals surface area contributed by atoms with Crippen LogP contribution < -0.4 is 5.32 Å². The summed E-state index contributed by atoms with van der Waals surface area (Å²) in [7, 11) is 0. The van der Waals surface area contributed by atoms with E-state index in [1.165, 1.54) is 0 Å². The minimum absolute atomic E-state index is 0.0862. The van der Waals surface area contributed by atoms with E-state index in [4.69, 9.17) is 21.1 Å². The van der Waals surface area contributed by atoms with Gasteiger partial charge in [-0.05, 0) is 36.6 Å². The molecule has 3 N–H and O–H groups in total. The third-order valence-corrected chi connectivity index (χ3v) is 5.22. The zero-order valence-electron chi connectivity index (χ0n) is 17.2. The summed E-state index contributed by atoms with van der Waals surface area (Å²) in [6.45, 7) is 2.33. The zero-order chi connectivity index (χ0) is 22.7. The molecule has 0 bridgehead atoms. The highest BCUT2D eigenvalue weighted by molar-refractivity contribution is 6.32. The topological polar surface area (TPSA) is 138 Å². The highest BCUT2D eigenvalue weighted by Gasteiger charge is 2.21. The molecule has 32 heavy (non-hydrogen) atoms. The molecule has 0 unspecified atom stereocenters. The first-order valence-corrected chi connectivity index (χ1v) is 10.3. The van der Waals surface area contributed by atoms with E-state index in [1.54, 1.807) is 29.4 Å². The number of carbonyl (C=O) groups excluding carboxylic acids is 1. The van der Waals surface area contributed by atoms with Crippen LogP contribution in [0.1, 0.15) is 29.7 Å². The molecule has 0 saturated heterocycles. The largest absolute Gasteiger partial charge is 0.418 e. The number of carbonyl (C=O) groups is 1. The average Bonchev–Trinajstić information content (AvgIpc) is 3.30. The number of aliphatic hydroxyl groups excluding tert-OH is 2. The molecule has 4 heterocycles. The molecule has 3 aromatic heterocycles. The predicted molar refractivity (Wildman–Crippen MR) is 117 cm³/mol.